The maximum atomic E-state index is 15.2. The summed E-state index contributed by atoms with van der Waals surface area (Å²) >= 11 is 0. The molecule has 3 aromatic rings. The second kappa shape index (κ2) is 53.6. The van der Waals surface area contributed by atoms with Crippen LogP contribution in [0, 0.1) is 17.8 Å². The van der Waals surface area contributed by atoms with Gasteiger partial charge < -0.3 is 138 Å². The number of primary amides is 2. The fourth-order valence-electron chi connectivity index (χ4n) is 13.8. The third-order valence-corrected chi connectivity index (χ3v) is 20.4. The number of benzene rings is 2. The largest absolute Gasteiger partial charge is 0.481 e. The summed E-state index contributed by atoms with van der Waals surface area (Å²) in [5, 5.41) is 102. The molecule has 708 valence electrons. The van der Waals surface area contributed by atoms with E-state index in [9.17, 15) is 122 Å². The Morgan fingerprint density at radius 3 is 1.35 bits per heavy atom. The third-order valence-electron chi connectivity index (χ3n) is 20.4. The number of rotatable bonds is 58. The molecule has 0 bridgehead atoms. The Kier molecular flexibility index (Phi) is 45.0. The Labute approximate surface area is 736 Å². The SMILES string of the molecule is CC(C)C[C@H](NC(=O)[C@H](CC(=O)O)NC(=O)[C@H](CO)NC(=O)[C@H](Cc1ccccc1)NC(=O)[C@@H](NC(=O)[C@H](CCC(=O)O)NC(=O)[C@H](CCC(N)=O)NC(=O)[C@@H](N)CO)[C@@H](C)O)C(=O)N[C@@H](Cc1c[nH]c2ccccc12)C(=O)N[C@@H](CCCCN)C(=O)N[C@@H](CC(C)C)C(=O)N[C@@H](CC(C)C)C(=O)N1CCC[C@H]1C(=O)N[C@@H](CCC(=O)O)C(=O)N[C@@H](CC(N)=O)C(=O)O. The van der Waals surface area contributed by atoms with Gasteiger partial charge >= 0.3 is 23.9 Å². The highest BCUT2D eigenvalue weighted by Crippen LogP contribution is 2.24. The quantitative estimate of drug-likeness (QED) is 0.0234. The van der Waals surface area contributed by atoms with E-state index >= 15 is 9.59 Å². The Bertz CT molecular complexity index is 4380. The number of para-hydroxylation sites is 1. The van der Waals surface area contributed by atoms with Crippen LogP contribution in [0.15, 0.2) is 60.8 Å². The zero-order chi connectivity index (χ0) is 95.9. The molecule has 2 aromatic carbocycles. The molecule has 0 saturated carbocycles. The zero-order valence-corrected chi connectivity index (χ0v) is 72.4. The number of carboxylic acids is 4. The summed E-state index contributed by atoms with van der Waals surface area (Å²) in [5.74, 6) is -24.9. The van der Waals surface area contributed by atoms with E-state index in [1.807, 2.05) is 0 Å². The molecule has 1 aliphatic heterocycles. The molecule has 1 aliphatic rings. The first-order chi connectivity index (χ1) is 60.3. The Balaban J connectivity index is 1.65. The number of aliphatic carboxylic acids is 4. The van der Waals surface area contributed by atoms with Crippen molar-refractivity contribution in [1.82, 2.24) is 79.0 Å². The molecule has 1 fully saturated rings. The lowest BCUT2D eigenvalue weighted by molar-refractivity contribution is -0.145. The van der Waals surface area contributed by atoms with Crippen LogP contribution < -0.4 is 92.1 Å². The van der Waals surface area contributed by atoms with Gasteiger partial charge in [0.1, 0.15) is 90.6 Å². The zero-order valence-electron chi connectivity index (χ0n) is 72.4. The molecule has 1 aromatic heterocycles. The van der Waals surface area contributed by atoms with Gasteiger partial charge in [-0.05, 0) is 119 Å². The number of hydrogen-bond donors (Lipinski definition) is 25. The number of carbonyl (C=O) groups excluding carboxylic acids is 16. The van der Waals surface area contributed by atoms with Crippen molar-refractivity contribution in [3.05, 3.63) is 71.9 Å². The minimum atomic E-state index is -2.13. The van der Waals surface area contributed by atoms with Gasteiger partial charge in [0.15, 0.2) is 0 Å². The van der Waals surface area contributed by atoms with Crippen LogP contribution in [-0.2, 0) is 109 Å². The Morgan fingerprint density at radius 2 is 0.852 bits per heavy atom. The predicted octanol–water partition coefficient (Wildman–Crippen LogP) is -6.36. The molecule has 0 aliphatic carbocycles. The van der Waals surface area contributed by atoms with Gasteiger partial charge in [-0.15, -0.1) is 0 Å². The summed E-state index contributed by atoms with van der Waals surface area (Å²) in [6.07, 6.45) is -6.49. The van der Waals surface area contributed by atoms with Crippen LogP contribution >= 0.6 is 0 Å². The summed E-state index contributed by atoms with van der Waals surface area (Å²) in [5.41, 5.74) is 23.3. The van der Waals surface area contributed by atoms with Crippen LogP contribution in [0.5, 0.6) is 0 Å². The number of hydrogen-bond acceptors (Lipinski definition) is 25. The number of carbonyl (C=O) groups is 20. The van der Waals surface area contributed by atoms with Crippen LogP contribution in [0.1, 0.15) is 162 Å². The van der Waals surface area contributed by atoms with E-state index in [1.54, 1.807) is 90.2 Å². The van der Waals surface area contributed by atoms with Crippen molar-refractivity contribution in [2.24, 2.45) is 40.7 Å². The molecule has 1 saturated heterocycles. The highest BCUT2D eigenvalue weighted by Gasteiger charge is 2.43. The number of H-pyrrole nitrogens is 1. The number of aromatic nitrogens is 1. The van der Waals surface area contributed by atoms with Crippen LogP contribution in [0.2, 0.25) is 0 Å². The van der Waals surface area contributed by atoms with Gasteiger partial charge in [0, 0.05) is 55.7 Å². The molecule has 128 heavy (non-hydrogen) atoms. The van der Waals surface area contributed by atoms with E-state index in [1.165, 1.54) is 17.0 Å². The molecule has 46 nitrogen and oxygen atoms in total. The van der Waals surface area contributed by atoms with Gasteiger partial charge in [-0.2, -0.15) is 0 Å². The number of amides is 16. The second-order valence-electron chi connectivity index (χ2n) is 32.5. The van der Waals surface area contributed by atoms with Crippen molar-refractivity contribution in [3.8, 4) is 0 Å². The van der Waals surface area contributed by atoms with Crippen molar-refractivity contribution in [2.45, 2.75) is 261 Å². The van der Waals surface area contributed by atoms with Crippen LogP contribution in [0.25, 0.3) is 10.9 Å². The summed E-state index contributed by atoms with van der Waals surface area (Å²) < 4.78 is 0. The first-order valence-electron chi connectivity index (χ1n) is 41.9. The van der Waals surface area contributed by atoms with Gasteiger partial charge in [0.05, 0.1) is 32.2 Å². The van der Waals surface area contributed by atoms with Crippen molar-refractivity contribution >= 4 is 129 Å². The molecular weight excluding hydrogens is 1680 g/mol. The molecule has 4 rings (SSSR count). The molecular formula is C82H123N19O27. The van der Waals surface area contributed by atoms with Gasteiger partial charge in [-0.25, -0.2) is 4.79 Å². The summed E-state index contributed by atoms with van der Waals surface area (Å²) in [6.45, 7) is 9.19. The number of nitrogens with zero attached hydrogens (tertiary/aromatic N) is 1. The summed E-state index contributed by atoms with van der Waals surface area (Å²) in [4.78, 5) is 276. The standard InChI is InChI=1S/C82H123N19O27/c1-40(2)30-53(93-77(122)57(36-66(111)112)95-78(123)60(39-103)99-75(120)55(33-44-16-9-8-10-17-44)96-80(125)67(43(7)104)100-72(117)52(24-27-65(109)110)90-70(115)50(22-25-62(85)105)88-68(113)47(84)38-102)73(118)94-56(34-45-37-87-48-19-12-11-18-46(45)48)76(121)89-49(20-13-14-28-83)69(114)92-54(31-41(3)4)74(119)97-58(32-42(5)6)81(126)101-29-15-21-61(101)79(124)91-51(23-26-64(107)108)71(116)98-59(82(127)128)35-63(86)106/h8-12,16-19,37,40-43,47,49-61,67,87,102-104H,13-15,20-36,38-39,83-84H2,1-7H3,(H2,85,105)(H2,86,106)(H,88,113)(H,89,121)(H,90,115)(H,91,124)(H,92,114)(H,93,122)(H,94,118)(H,95,123)(H,96,125)(H,97,119)(H,98,116)(H,99,120)(H,100,117)(H,107,108)(H,109,110)(H,111,112)(H,127,128)/t43-,47+,49+,50+,51+,52+,53+,54+,55+,56+,57+,58+,59+,60+,61+,67+/m1/s1. The number of carboxylic acid groups (broad SMARTS) is 4. The van der Waals surface area contributed by atoms with Crippen molar-refractivity contribution in [3.63, 3.8) is 0 Å². The molecule has 2 heterocycles. The first kappa shape index (κ1) is 108. The molecule has 0 spiro atoms. The average Bonchev–Trinajstić information content (AvgIpc) is 1.64. The fourth-order valence-corrected chi connectivity index (χ4v) is 13.8. The number of unbranched alkanes of at least 4 members (excludes halogenated alkanes) is 1. The molecule has 0 radical (unpaired) electrons. The van der Waals surface area contributed by atoms with Crippen LogP contribution in [-0.4, -0.2) is 287 Å². The lowest BCUT2D eigenvalue weighted by Gasteiger charge is -2.32. The normalized spacial score (nSPS) is 16.0. The predicted molar refractivity (Wildman–Crippen MR) is 453 cm³/mol. The van der Waals surface area contributed by atoms with Crippen molar-refractivity contribution in [1.29, 1.82) is 0 Å². The lowest BCUT2D eigenvalue weighted by atomic mass is 9.98. The average molecular weight is 1810 g/mol. The van der Waals surface area contributed by atoms with Gasteiger partial charge in [0.2, 0.25) is 94.5 Å². The maximum Gasteiger partial charge on any atom is 0.326 e. The van der Waals surface area contributed by atoms with Crippen molar-refractivity contribution < 1.29 is 132 Å². The lowest BCUT2D eigenvalue weighted by Crippen LogP contribution is -2.62. The fraction of sp³-hybridized carbons (Fsp3) is 0.585. The Hall–Kier alpha value is -12.8. The number of aromatic amines is 1. The van der Waals surface area contributed by atoms with E-state index in [0.717, 1.165) is 6.92 Å². The maximum absolute atomic E-state index is 15.2. The molecule has 16 atom stereocenters. The first-order valence-corrected chi connectivity index (χ1v) is 41.9. The Morgan fingerprint density at radius 1 is 0.430 bits per heavy atom. The summed E-state index contributed by atoms with van der Waals surface area (Å²) in [6, 6.07) is -11.0. The van der Waals surface area contributed by atoms with Crippen molar-refractivity contribution in [2.75, 3.05) is 26.3 Å². The van der Waals surface area contributed by atoms with E-state index in [0.29, 0.717) is 28.5 Å². The highest BCUT2D eigenvalue weighted by molar-refractivity contribution is 6.02. The molecule has 0 unspecified atom stereocenters. The van der Waals surface area contributed by atoms with E-state index in [-0.39, 0.29) is 76.3 Å². The van der Waals surface area contributed by atoms with E-state index in [2.05, 4.69) is 74.1 Å². The van der Waals surface area contributed by atoms with Gasteiger partial charge in [0.25, 0.3) is 0 Å². The number of likely N-dealkylation sites (tertiary alicyclic amines) is 1. The molecule has 46 heteroatoms. The minimum Gasteiger partial charge on any atom is -0.481 e. The van der Waals surface area contributed by atoms with E-state index < -0.39 is 292 Å². The molecule has 29 N–H and O–H groups in total. The number of aliphatic hydroxyl groups excluding tert-OH is 3. The highest BCUT2D eigenvalue weighted by atomic mass is 16.4. The van der Waals surface area contributed by atoms with E-state index in [4.69, 9.17) is 22.9 Å². The topological polar surface area (TPSA) is 763 Å². The third kappa shape index (κ3) is 36.6. The van der Waals surface area contributed by atoms with Crippen LogP contribution in [0.4, 0.5) is 0 Å². The number of nitrogens with two attached hydrogens (primary N) is 4. The number of aliphatic hydroxyl groups is 3. The minimum absolute atomic E-state index is 0.0236. The smallest absolute Gasteiger partial charge is 0.326 e. The number of fused-ring (bicyclic) bond motifs is 1. The van der Waals surface area contributed by atoms with Gasteiger partial charge in [-0.3, -0.25) is 91.1 Å². The molecule has 16 amide bonds. The second-order valence-corrected chi connectivity index (χ2v) is 32.5. The van der Waals surface area contributed by atoms with Crippen LogP contribution in [0.3, 0.4) is 0 Å². The van der Waals surface area contributed by atoms with Gasteiger partial charge in [-0.1, -0.05) is 90.1 Å². The number of nitrogens with one attached hydrogen (secondary N) is 14. The monoisotopic (exact) mass is 1810 g/mol. The summed E-state index contributed by atoms with van der Waals surface area (Å²) in [7, 11) is 0.